The molecule has 0 fully saturated rings. The number of nitrogens with two attached hydrogens (primary N) is 1. The highest BCUT2D eigenvalue weighted by molar-refractivity contribution is 6.12. The summed E-state index contributed by atoms with van der Waals surface area (Å²) < 4.78 is 5.39. The SMILES string of the molecule is COc1ccc(C(=O)c2ccc(N(C)C)cc2)c(O)c1-c1cccc(N)c1. The summed E-state index contributed by atoms with van der Waals surface area (Å²) in [7, 11) is 5.39. The van der Waals surface area contributed by atoms with E-state index in [0.717, 1.165) is 5.69 Å². The first-order valence-electron chi connectivity index (χ1n) is 8.50. The molecule has 3 N–H and O–H groups in total. The Hall–Kier alpha value is -3.47. The zero-order valence-electron chi connectivity index (χ0n) is 15.6. The van der Waals surface area contributed by atoms with Gasteiger partial charge in [-0.3, -0.25) is 4.79 Å². The number of methoxy groups -OCH3 is 1. The lowest BCUT2D eigenvalue weighted by molar-refractivity contribution is 0.103. The van der Waals surface area contributed by atoms with Crippen LogP contribution in [0.15, 0.2) is 60.7 Å². The molecule has 0 saturated heterocycles. The van der Waals surface area contributed by atoms with Crippen molar-refractivity contribution in [3.63, 3.8) is 0 Å². The predicted molar refractivity (Wildman–Crippen MR) is 109 cm³/mol. The number of phenols is 1. The number of ether oxygens (including phenoxy) is 1. The van der Waals surface area contributed by atoms with Gasteiger partial charge in [0.25, 0.3) is 0 Å². The Morgan fingerprint density at radius 1 is 1.04 bits per heavy atom. The monoisotopic (exact) mass is 362 g/mol. The third-order valence-corrected chi connectivity index (χ3v) is 4.43. The lowest BCUT2D eigenvalue weighted by atomic mass is 9.95. The molecule has 0 amide bonds. The average Bonchev–Trinajstić information content (AvgIpc) is 2.67. The van der Waals surface area contributed by atoms with Gasteiger partial charge in [0.1, 0.15) is 11.5 Å². The maximum absolute atomic E-state index is 13.0. The molecule has 27 heavy (non-hydrogen) atoms. The van der Waals surface area contributed by atoms with E-state index in [9.17, 15) is 9.90 Å². The number of phenolic OH excluding ortho intramolecular Hbond substituents is 1. The van der Waals surface area contributed by atoms with E-state index in [0.29, 0.717) is 28.1 Å². The van der Waals surface area contributed by atoms with Crippen LogP contribution in [0.5, 0.6) is 11.5 Å². The van der Waals surface area contributed by atoms with Crippen molar-refractivity contribution in [1.82, 2.24) is 0 Å². The molecule has 0 atom stereocenters. The molecular weight excluding hydrogens is 340 g/mol. The second-order valence-electron chi connectivity index (χ2n) is 6.43. The summed E-state index contributed by atoms with van der Waals surface area (Å²) >= 11 is 0. The van der Waals surface area contributed by atoms with Gasteiger partial charge in [-0.15, -0.1) is 0 Å². The fourth-order valence-corrected chi connectivity index (χ4v) is 2.97. The Morgan fingerprint density at radius 2 is 1.74 bits per heavy atom. The molecule has 0 bridgehead atoms. The first kappa shape index (κ1) is 18.3. The van der Waals surface area contributed by atoms with Crippen molar-refractivity contribution in [3.8, 4) is 22.6 Å². The van der Waals surface area contributed by atoms with E-state index in [1.165, 1.54) is 7.11 Å². The second-order valence-corrected chi connectivity index (χ2v) is 6.43. The van der Waals surface area contributed by atoms with Gasteiger partial charge in [-0.2, -0.15) is 0 Å². The van der Waals surface area contributed by atoms with E-state index >= 15 is 0 Å². The van der Waals surface area contributed by atoms with Gasteiger partial charge in [0.15, 0.2) is 5.78 Å². The van der Waals surface area contributed by atoms with Crippen molar-refractivity contribution < 1.29 is 14.6 Å². The van der Waals surface area contributed by atoms with Crippen molar-refractivity contribution in [2.45, 2.75) is 0 Å². The molecule has 0 heterocycles. The number of hydrogen-bond acceptors (Lipinski definition) is 5. The summed E-state index contributed by atoms with van der Waals surface area (Å²) in [5.74, 6) is 0.0878. The number of carbonyl (C=O) groups is 1. The number of nitrogens with zero attached hydrogens (tertiary/aromatic N) is 1. The van der Waals surface area contributed by atoms with E-state index in [4.69, 9.17) is 10.5 Å². The molecule has 3 rings (SSSR count). The Bertz CT molecular complexity index is 979. The number of carbonyl (C=O) groups excluding carboxylic acids is 1. The van der Waals surface area contributed by atoms with Gasteiger partial charge >= 0.3 is 0 Å². The fourth-order valence-electron chi connectivity index (χ4n) is 2.97. The highest BCUT2D eigenvalue weighted by Crippen LogP contribution is 2.41. The van der Waals surface area contributed by atoms with Gasteiger partial charge in [0.05, 0.1) is 18.2 Å². The van der Waals surface area contributed by atoms with Crippen LogP contribution in [0.4, 0.5) is 11.4 Å². The Labute approximate surface area is 158 Å². The smallest absolute Gasteiger partial charge is 0.196 e. The number of aromatic hydroxyl groups is 1. The van der Waals surface area contributed by atoms with Crippen molar-refractivity contribution in [1.29, 1.82) is 0 Å². The molecule has 0 aromatic heterocycles. The summed E-state index contributed by atoms with van der Waals surface area (Å²) in [4.78, 5) is 14.9. The summed E-state index contributed by atoms with van der Waals surface area (Å²) in [5.41, 5.74) is 9.26. The van der Waals surface area contributed by atoms with Crippen molar-refractivity contribution in [3.05, 3.63) is 71.8 Å². The topological polar surface area (TPSA) is 75.8 Å². The fraction of sp³-hybridized carbons (Fsp3) is 0.136. The van der Waals surface area contributed by atoms with E-state index in [1.807, 2.05) is 37.2 Å². The van der Waals surface area contributed by atoms with Gasteiger partial charge in [-0.05, 0) is 54.1 Å². The zero-order chi connectivity index (χ0) is 19.6. The maximum Gasteiger partial charge on any atom is 0.196 e. The van der Waals surface area contributed by atoms with Gasteiger partial charge < -0.3 is 20.5 Å². The summed E-state index contributed by atoms with van der Waals surface area (Å²) in [6, 6.07) is 17.6. The zero-order valence-corrected chi connectivity index (χ0v) is 15.6. The van der Waals surface area contributed by atoms with E-state index in [2.05, 4.69) is 0 Å². The minimum atomic E-state index is -0.259. The lowest BCUT2D eigenvalue weighted by Gasteiger charge is -2.15. The van der Waals surface area contributed by atoms with Crippen LogP contribution in [-0.2, 0) is 0 Å². The standard InChI is InChI=1S/C22H22N2O3/c1-24(2)17-9-7-14(8-10-17)21(25)18-11-12-19(27-3)20(22(18)26)15-5-4-6-16(23)13-15/h4-13,26H,23H2,1-3H3. The quantitative estimate of drug-likeness (QED) is 0.531. The normalized spacial score (nSPS) is 10.5. The number of hydrogen-bond donors (Lipinski definition) is 2. The number of anilines is 2. The van der Waals surface area contributed by atoms with Gasteiger partial charge in [-0.1, -0.05) is 12.1 Å². The number of benzene rings is 3. The second kappa shape index (κ2) is 7.41. The number of ketones is 1. The number of nitrogen functional groups attached to an aromatic ring is 1. The molecule has 0 aliphatic heterocycles. The summed E-state index contributed by atoms with van der Waals surface area (Å²) in [6.07, 6.45) is 0. The molecule has 3 aromatic carbocycles. The Kier molecular flexibility index (Phi) is 5.03. The molecule has 0 aliphatic rings. The Morgan fingerprint density at radius 3 is 2.33 bits per heavy atom. The molecule has 0 radical (unpaired) electrons. The van der Waals surface area contributed by atoms with Crippen LogP contribution in [0.1, 0.15) is 15.9 Å². The number of rotatable bonds is 5. The maximum atomic E-state index is 13.0. The van der Waals surface area contributed by atoms with Gasteiger partial charge in [0, 0.05) is 31.0 Å². The molecule has 5 heteroatoms. The third kappa shape index (κ3) is 3.58. The molecule has 0 spiro atoms. The van der Waals surface area contributed by atoms with Crippen LogP contribution >= 0.6 is 0 Å². The van der Waals surface area contributed by atoms with E-state index in [-0.39, 0.29) is 17.1 Å². The van der Waals surface area contributed by atoms with Crippen molar-refractivity contribution >= 4 is 17.2 Å². The molecule has 0 aliphatic carbocycles. The van der Waals surface area contributed by atoms with Crippen LogP contribution in [0, 0.1) is 0 Å². The molecular formula is C22H22N2O3. The first-order valence-corrected chi connectivity index (χ1v) is 8.50. The summed E-state index contributed by atoms with van der Waals surface area (Å²) in [6.45, 7) is 0. The van der Waals surface area contributed by atoms with Crippen LogP contribution in [0.3, 0.4) is 0 Å². The molecule has 138 valence electrons. The van der Waals surface area contributed by atoms with Crippen molar-refractivity contribution in [2.24, 2.45) is 0 Å². The minimum Gasteiger partial charge on any atom is -0.506 e. The molecule has 0 unspecified atom stereocenters. The Balaban J connectivity index is 2.09. The lowest BCUT2D eigenvalue weighted by Crippen LogP contribution is -2.09. The van der Waals surface area contributed by atoms with E-state index < -0.39 is 0 Å². The van der Waals surface area contributed by atoms with E-state index in [1.54, 1.807) is 42.5 Å². The minimum absolute atomic E-state index is 0.123. The first-order chi connectivity index (χ1) is 12.9. The molecule has 5 nitrogen and oxygen atoms in total. The average molecular weight is 362 g/mol. The predicted octanol–water partition coefficient (Wildman–Crippen LogP) is 3.95. The third-order valence-electron chi connectivity index (χ3n) is 4.43. The van der Waals surface area contributed by atoms with Crippen LogP contribution in [0.2, 0.25) is 0 Å². The highest BCUT2D eigenvalue weighted by atomic mass is 16.5. The largest absolute Gasteiger partial charge is 0.506 e. The van der Waals surface area contributed by atoms with Crippen molar-refractivity contribution in [2.75, 3.05) is 31.8 Å². The summed E-state index contributed by atoms with van der Waals surface area (Å²) in [5, 5.41) is 10.9. The van der Waals surface area contributed by atoms with Crippen LogP contribution < -0.4 is 15.4 Å². The van der Waals surface area contributed by atoms with Gasteiger partial charge in [0.2, 0.25) is 0 Å². The van der Waals surface area contributed by atoms with Gasteiger partial charge in [-0.25, -0.2) is 0 Å². The van der Waals surface area contributed by atoms with Crippen LogP contribution in [0.25, 0.3) is 11.1 Å². The molecule has 3 aromatic rings. The highest BCUT2D eigenvalue weighted by Gasteiger charge is 2.21. The van der Waals surface area contributed by atoms with Crippen LogP contribution in [-0.4, -0.2) is 32.1 Å². The molecule has 0 saturated carbocycles.